The van der Waals surface area contributed by atoms with Crippen LogP contribution in [0.5, 0.6) is 0 Å². The molecule has 0 spiro atoms. The molecule has 1 unspecified atom stereocenters. The van der Waals surface area contributed by atoms with Gasteiger partial charge < -0.3 is 4.74 Å². The van der Waals surface area contributed by atoms with Gasteiger partial charge in [-0.2, -0.15) is 0 Å². The number of ether oxygens (including phenoxy) is 1. The first-order valence-electron chi connectivity index (χ1n) is 5.40. The van der Waals surface area contributed by atoms with Crippen molar-refractivity contribution in [2.24, 2.45) is 5.84 Å². The van der Waals surface area contributed by atoms with Crippen LogP contribution in [0.2, 0.25) is 0 Å². The number of halogens is 1. The zero-order chi connectivity index (χ0) is 12.1. The molecule has 0 bridgehead atoms. The van der Waals surface area contributed by atoms with Crippen molar-refractivity contribution in [2.75, 3.05) is 13.2 Å². The highest BCUT2D eigenvalue weighted by atomic mass is 79.9. The summed E-state index contributed by atoms with van der Waals surface area (Å²) in [6.45, 7) is 7.43. The fourth-order valence-corrected chi connectivity index (χ4v) is 1.89. The average molecular weight is 287 g/mol. The number of hydrazine groups is 1. The first-order valence-corrected chi connectivity index (χ1v) is 6.20. The van der Waals surface area contributed by atoms with Crippen LogP contribution in [0.25, 0.3) is 0 Å². The Morgan fingerprint density at radius 3 is 2.38 bits per heavy atom. The summed E-state index contributed by atoms with van der Waals surface area (Å²) in [6, 6.07) is 4.30. The highest BCUT2D eigenvalue weighted by Gasteiger charge is 2.12. The largest absolute Gasteiger partial charge is 0.380 e. The van der Waals surface area contributed by atoms with Crippen molar-refractivity contribution in [2.45, 2.75) is 26.8 Å². The second-order valence-corrected chi connectivity index (χ2v) is 4.64. The van der Waals surface area contributed by atoms with Crippen molar-refractivity contribution in [3.63, 3.8) is 0 Å². The molecule has 0 aliphatic heterocycles. The third-order valence-electron chi connectivity index (χ3n) is 2.55. The summed E-state index contributed by atoms with van der Waals surface area (Å²) in [5.41, 5.74) is 6.38. The van der Waals surface area contributed by atoms with Crippen molar-refractivity contribution in [3.05, 3.63) is 33.3 Å². The number of nitrogens with two attached hydrogens (primary N) is 1. The quantitative estimate of drug-likeness (QED) is 0.646. The Morgan fingerprint density at radius 1 is 1.38 bits per heavy atom. The molecular weight excluding hydrogens is 268 g/mol. The first-order chi connectivity index (χ1) is 7.60. The minimum Gasteiger partial charge on any atom is -0.380 e. The lowest BCUT2D eigenvalue weighted by Crippen LogP contribution is -2.31. The molecule has 0 aromatic heterocycles. The van der Waals surface area contributed by atoms with Gasteiger partial charge in [-0.3, -0.25) is 11.3 Å². The van der Waals surface area contributed by atoms with Crippen molar-refractivity contribution in [3.8, 4) is 0 Å². The van der Waals surface area contributed by atoms with E-state index in [1.54, 1.807) is 0 Å². The molecule has 1 rings (SSSR count). The van der Waals surface area contributed by atoms with E-state index in [2.05, 4.69) is 47.3 Å². The molecule has 4 heteroatoms. The van der Waals surface area contributed by atoms with Crippen LogP contribution in [0, 0.1) is 13.8 Å². The minimum absolute atomic E-state index is 0.0467. The van der Waals surface area contributed by atoms with Gasteiger partial charge in [0.15, 0.2) is 0 Å². The van der Waals surface area contributed by atoms with E-state index in [1.165, 1.54) is 11.1 Å². The van der Waals surface area contributed by atoms with Crippen molar-refractivity contribution < 1.29 is 4.74 Å². The maximum absolute atomic E-state index is 5.54. The third-order valence-corrected chi connectivity index (χ3v) is 3.80. The van der Waals surface area contributed by atoms with Gasteiger partial charge in [-0.15, -0.1) is 0 Å². The number of hydrogen-bond acceptors (Lipinski definition) is 3. The standard InChI is InChI=1S/C12H19BrN2O/c1-4-16-7-11(15-14)10-5-8(2)12(13)9(3)6-10/h5-6,11,15H,4,7,14H2,1-3H3. The van der Waals surface area contributed by atoms with Crippen LogP contribution in [0.4, 0.5) is 0 Å². The second-order valence-electron chi connectivity index (χ2n) is 3.85. The van der Waals surface area contributed by atoms with Crippen molar-refractivity contribution in [1.82, 2.24) is 5.43 Å². The Labute approximate surface area is 105 Å². The molecule has 0 aliphatic carbocycles. The lowest BCUT2D eigenvalue weighted by atomic mass is 10.0. The molecule has 0 fully saturated rings. The fraction of sp³-hybridized carbons (Fsp3) is 0.500. The lowest BCUT2D eigenvalue weighted by molar-refractivity contribution is 0.123. The molecule has 0 saturated heterocycles. The van der Waals surface area contributed by atoms with Crippen LogP contribution in [0.15, 0.2) is 16.6 Å². The number of hydrogen-bond donors (Lipinski definition) is 2. The number of aryl methyl sites for hydroxylation is 2. The maximum Gasteiger partial charge on any atom is 0.0694 e. The van der Waals surface area contributed by atoms with E-state index in [4.69, 9.17) is 10.6 Å². The van der Waals surface area contributed by atoms with E-state index >= 15 is 0 Å². The van der Waals surface area contributed by atoms with E-state index in [0.717, 1.165) is 10.0 Å². The molecule has 1 aromatic carbocycles. The topological polar surface area (TPSA) is 47.3 Å². The summed E-state index contributed by atoms with van der Waals surface area (Å²) in [7, 11) is 0. The van der Waals surface area contributed by atoms with Gasteiger partial charge in [-0.1, -0.05) is 28.1 Å². The molecule has 90 valence electrons. The SMILES string of the molecule is CCOCC(NN)c1cc(C)c(Br)c(C)c1. The summed E-state index contributed by atoms with van der Waals surface area (Å²) in [6.07, 6.45) is 0. The maximum atomic E-state index is 5.54. The molecule has 0 amide bonds. The molecule has 3 nitrogen and oxygen atoms in total. The predicted molar refractivity (Wildman–Crippen MR) is 70.2 cm³/mol. The van der Waals surface area contributed by atoms with Gasteiger partial charge in [0.05, 0.1) is 12.6 Å². The molecular formula is C12H19BrN2O. The van der Waals surface area contributed by atoms with E-state index in [-0.39, 0.29) is 6.04 Å². The molecule has 0 saturated carbocycles. The fourth-order valence-electron chi connectivity index (χ4n) is 1.66. The van der Waals surface area contributed by atoms with Crippen molar-refractivity contribution in [1.29, 1.82) is 0 Å². The van der Waals surface area contributed by atoms with Gasteiger partial charge in [0.2, 0.25) is 0 Å². The van der Waals surface area contributed by atoms with Gasteiger partial charge in [0.1, 0.15) is 0 Å². The number of nitrogens with one attached hydrogen (secondary N) is 1. The van der Waals surface area contributed by atoms with Crippen LogP contribution in [-0.4, -0.2) is 13.2 Å². The van der Waals surface area contributed by atoms with E-state index < -0.39 is 0 Å². The summed E-state index contributed by atoms with van der Waals surface area (Å²) < 4.78 is 6.55. The van der Waals surface area contributed by atoms with Gasteiger partial charge in [0.25, 0.3) is 0 Å². The van der Waals surface area contributed by atoms with Crippen LogP contribution < -0.4 is 11.3 Å². The molecule has 0 aliphatic rings. The molecule has 0 radical (unpaired) electrons. The van der Waals surface area contributed by atoms with Crippen LogP contribution >= 0.6 is 15.9 Å². The molecule has 1 aromatic rings. The molecule has 3 N–H and O–H groups in total. The normalized spacial score (nSPS) is 12.8. The lowest BCUT2D eigenvalue weighted by Gasteiger charge is -2.18. The summed E-state index contributed by atoms with van der Waals surface area (Å²) in [5.74, 6) is 5.54. The zero-order valence-corrected chi connectivity index (χ0v) is 11.6. The smallest absolute Gasteiger partial charge is 0.0694 e. The number of benzene rings is 1. The zero-order valence-electron chi connectivity index (χ0n) is 10.0. The molecule has 16 heavy (non-hydrogen) atoms. The van der Waals surface area contributed by atoms with E-state index in [9.17, 15) is 0 Å². The Kier molecular flexibility index (Phi) is 5.41. The first kappa shape index (κ1) is 13.6. The number of rotatable bonds is 5. The third kappa shape index (κ3) is 3.28. The van der Waals surface area contributed by atoms with Gasteiger partial charge >= 0.3 is 0 Å². The minimum atomic E-state index is 0.0467. The Bertz CT molecular complexity index is 332. The highest BCUT2D eigenvalue weighted by Crippen LogP contribution is 2.25. The summed E-state index contributed by atoms with van der Waals surface area (Å²) in [4.78, 5) is 0. The summed E-state index contributed by atoms with van der Waals surface area (Å²) >= 11 is 3.55. The predicted octanol–water partition coefficient (Wildman–Crippen LogP) is 2.61. The Hall–Kier alpha value is -0.420. The van der Waals surface area contributed by atoms with Crippen LogP contribution in [0.1, 0.15) is 29.7 Å². The van der Waals surface area contributed by atoms with Gasteiger partial charge in [0, 0.05) is 11.1 Å². The van der Waals surface area contributed by atoms with Gasteiger partial charge in [-0.25, -0.2) is 0 Å². The van der Waals surface area contributed by atoms with Crippen molar-refractivity contribution >= 4 is 15.9 Å². The average Bonchev–Trinajstić information content (AvgIpc) is 2.26. The van der Waals surface area contributed by atoms with E-state index in [0.29, 0.717) is 13.2 Å². The van der Waals surface area contributed by atoms with Crippen LogP contribution in [-0.2, 0) is 4.74 Å². The van der Waals surface area contributed by atoms with E-state index in [1.807, 2.05) is 6.92 Å². The summed E-state index contributed by atoms with van der Waals surface area (Å²) in [5, 5.41) is 0. The Balaban J connectivity index is 2.92. The second kappa shape index (κ2) is 6.35. The Morgan fingerprint density at radius 2 is 1.94 bits per heavy atom. The van der Waals surface area contributed by atoms with Gasteiger partial charge in [-0.05, 0) is 37.5 Å². The molecule has 0 heterocycles. The highest BCUT2D eigenvalue weighted by molar-refractivity contribution is 9.10. The van der Waals surface area contributed by atoms with Crippen LogP contribution in [0.3, 0.4) is 0 Å². The molecule has 1 atom stereocenters. The monoisotopic (exact) mass is 286 g/mol.